The van der Waals surface area contributed by atoms with Crippen LogP contribution in [0.1, 0.15) is 35.1 Å². The minimum Gasteiger partial charge on any atom is -0.193 e. The molecular weight excluding hydrogens is 226 g/mol. The molecule has 0 aliphatic heterocycles. The van der Waals surface area contributed by atoms with Crippen LogP contribution in [0.4, 0.5) is 0 Å². The maximum atomic E-state index is 8.78. The maximum absolute atomic E-state index is 8.78. The molecule has 78 valence electrons. The molecule has 0 amide bonds. The molecule has 0 unspecified atom stereocenters. The minimum absolute atomic E-state index is 0.607. The van der Waals surface area contributed by atoms with E-state index in [1.807, 2.05) is 0 Å². The highest BCUT2D eigenvalue weighted by molar-refractivity contribution is 7.14. The van der Waals surface area contributed by atoms with Crippen LogP contribution in [0.2, 0.25) is 0 Å². The van der Waals surface area contributed by atoms with Crippen LogP contribution in [0.5, 0.6) is 0 Å². The molecule has 1 heterocycles. The average molecular weight is 238 g/mol. The number of halogens is 1. The second-order valence-electron chi connectivity index (χ2n) is 3.82. The first-order chi connectivity index (χ1) is 7.22. The van der Waals surface area contributed by atoms with Gasteiger partial charge >= 0.3 is 0 Å². The predicted molar refractivity (Wildman–Crippen MR) is 65.0 cm³/mol. The molecule has 0 saturated heterocycles. The SMILES string of the molecule is CC(C#N)=C(Cl)c1cc2c(s1)CCCC2. The van der Waals surface area contributed by atoms with Gasteiger partial charge in [0.2, 0.25) is 0 Å². The predicted octanol–water partition coefficient (Wildman–Crippen LogP) is 4.12. The second-order valence-corrected chi connectivity index (χ2v) is 5.33. The van der Waals surface area contributed by atoms with Gasteiger partial charge in [-0.05, 0) is 44.2 Å². The molecule has 0 N–H and O–H groups in total. The molecule has 1 aromatic rings. The van der Waals surface area contributed by atoms with Gasteiger partial charge in [-0.2, -0.15) is 5.26 Å². The van der Waals surface area contributed by atoms with Crippen molar-refractivity contribution in [2.45, 2.75) is 32.6 Å². The van der Waals surface area contributed by atoms with Crippen molar-refractivity contribution in [2.24, 2.45) is 0 Å². The third-order valence-corrected chi connectivity index (χ3v) is 4.56. The van der Waals surface area contributed by atoms with Gasteiger partial charge in [-0.1, -0.05) is 11.6 Å². The summed E-state index contributed by atoms with van der Waals surface area (Å²) in [7, 11) is 0. The zero-order chi connectivity index (χ0) is 10.8. The highest BCUT2D eigenvalue weighted by Crippen LogP contribution is 2.35. The van der Waals surface area contributed by atoms with Crippen LogP contribution in [-0.2, 0) is 12.8 Å². The van der Waals surface area contributed by atoms with Crippen molar-refractivity contribution in [3.8, 4) is 6.07 Å². The Morgan fingerprint density at radius 1 is 1.47 bits per heavy atom. The molecule has 1 aromatic heterocycles. The topological polar surface area (TPSA) is 23.8 Å². The highest BCUT2D eigenvalue weighted by atomic mass is 35.5. The third-order valence-electron chi connectivity index (χ3n) is 2.71. The number of fused-ring (bicyclic) bond motifs is 1. The number of allylic oxidation sites excluding steroid dienone is 1. The first kappa shape index (κ1) is 10.7. The van der Waals surface area contributed by atoms with E-state index < -0.39 is 0 Å². The van der Waals surface area contributed by atoms with Gasteiger partial charge in [-0.25, -0.2) is 0 Å². The minimum atomic E-state index is 0.607. The van der Waals surface area contributed by atoms with E-state index in [9.17, 15) is 0 Å². The molecule has 0 bridgehead atoms. The lowest BCUT2D eigenvalue weighted by Crippen LogP contribution is -1.96. The molecule has 0 spiro atoms. The van der Waals surface area contributed by atoms with E-state index in [2.05, 4.69) is 12.1 Å². The van der Waals surface area contributed by atoms with Crippen molar-refractivity contribution in [1.82, 2.24) is 0 Å². The fourth-order valence-corrected chi connectivity index (χ4v) is 3.29. The van der Waals surface area contributed by atoms with Gasteiger partial charge in [0.15, 0.2) is 0 Å². The number of hydrogen-bond donors (Lipinski definition) is 0. The van der Waals surface area contributed by atoms with Gasteiger partial charge in [0.05, 0.1) is 11.1 Å². The van der Waals surface area contributed by atoms with Crippen LogP contribution in [0.25, 0.3) is 5.03 Å². The van der Waals surface area contributed by atoms with Crippen LogP contribution in [0.3, 0.4) is 0 Å². The summed E-state index contributed by atoms with van der Waals surface area (Å²) in [4.78, 5) is 2.52. The summed E-state index contributed by atoms with van der Waals surface area (Å²) in [5.41, 5.74) is 2.04. The summed E-state index contributed by atoms with van der Waals surface area (Å²) in [5.74, 6) is 0. The van der Waals surface area contributed by atoms with Crippen LogP contribution in [-0.4, -0.2) is 0 Å². The van der Waals surface area contributed by atoms with Crippen molar-refractivity contribution in [1.29, 1.82) is 5.26 Å². The quantitative estimate of drug-likeness (QED) is 0.674. The molecule has 1 nitrogen and oxygen atoms in total. The molecule has 0 radical (unpaired) electrons. The molecule has 1 aliphatic rings. The molecule has 0 atom stereocenters. The number of aryl methyl sites for hydroxylation is 2. The maximum Gasteiger partial charge on any atom is 0.0960 e. The molecule has 0 fully saturated rings. The number of rotatable bonds is 1. The van der Waals surface area contributed by atoms with Gasteiger partial charge in [0.1, 0.15) is 0 Å². The van der Waals surface area contributed by atoms with E-state index in [0.29, 0.717) is 10.6 Å². The van der Waals surface area contributed by atoms with E-state index >= 15 is 0 Å². The van der Waals surface area contributed by atoms with Gasteiger partial charge < -0.3 is 0 Å². The van der Waals surface area contributed by atoms with E-state index in [0.717, 1.165) is 4.88 Å². The number of thiophene rings is 1. The van der Waals surface area contributed by atoms with Crippen LogP contribution in [0, 0.1) is 11.3 Å². The molecular formula is C12H12ClNS. The first-order valence-electron chi connectivity index (χ1n) is 5.11. The fourth-order valence-electron chi connectivity index (χ4n) is 1.83. The van der Waals surface area contributed by atoms with Crippen molar-refractivity contribution >= 4 is 28.0 Å². The Bertz CT molecular complexity index is 427. The van der Waals surface area contributed by atoms with E-state index in [1.165, 1.54) is 36.1 Å². The second kappa shape index (κ2) is 4.38. The zero-order valence-electron chi connectivity index (χ0n) is 8.64. The normalized spacial score (nSPS) is 16.6. The van der Waals surface area contributed by atoms with Crippen molar-refractivity contribution in [2.75, 3.05) is 0 Å². The largest absolute Gasteiger partial charge is 0.193 e. The Balaban J connectivity index is 2.39. The number of nitrogens with zero attached hydrogens (tertiary/aromatic N) is 1. The van der Waals surface area contributed by atoms with Crippen LogP contribution >= 0.6 is 22.9 Å². The van der Waals surface area contributed by atoms with Crippen molar-refractivity contribution in [3.63, 3.8) is 0 Å². The van der Waals surface area contributed by atoms with Gasteiger partial charge in [-0.3, -0.25) is 0 Å². The van der Waals surface area contributed by atoms with E-state index in [4.69, 9.17) is 16.9 Å². The zero-order valence-corrected chi connectivity index (χ0v) is 10.2. The molecule has 15 heavy (non-hydrogen) atoms. The summed E-state index contributed by atoms with van der Waals surface area (Å²) < 4.78 is 0. The Labute approximate surface area is 99.0 Å². The molecule has 0 aromatic carbocycles. The standard InChI is InChI=1S/C12H12ClNS/c1-8(7-14)12(13)11-6-9-4-2-3-5-10(9)15-11/h6H,2-5H2,1H3. The summed E-state index contributed by atoms with van der Waals surface area (Å²) in [6, 6.07) is 4.25. The van der Waals surface area contributed by atoms with Gasteiger partial charge in [0.25, 0.3) is 0 Å². The van der Waals surface area contributed by atoms with E-state index in [-0.39, 0.29) is 0 Å². The summed E-state index contributed by atoms with van der Waals surface area (Å²) in [6.07, 6.45) is 4.91. The molecule has 0 saturated carbocycles. The van der Waals surface area contributed by atoms with Crippen LogP contribution in [0.15, 0.2) is 11.6 Å². The number of nitriles is 1. The molecule has 1 aliphatic carbocycles. The third kappa shape index (κ3) is 2.09. The Morgan fingerprint density at radius 3 is 2.87 bits per heavy atom. The van der Waals surface area contributed by atoms with Crippen molar-refractivity contribution in [3.05, 3.63) is 27.0 Å². The van der Waals surface area contributed by atoms with Crippen LogP contribution < -0.4 is 0 Å². The first-order valence-corrected chi connectivity index (χ1v) is 6.30. The summed E-state index contributed by atoms with van der Waals surface area (Å²) in [5, 5.41) is 9.40. The number of hydrogen-bond acceptors (Lipinski definition) is 2. The Morgan fingerprint density at radius 2 is 2.20 bits per heavy atom. The fraction of sp³-hybridized carbons (Fsp3) is 0.417. The smallest absolute Gasteiger partial charge is 0.0960 e. The van der Waals surface area contributed by atoms with Gasteiger partial charge in [0, 0.05) is 15.3 Å². The average Bonchev–Trinajstić information content (AvgIpc) is 2.70. The lowest BCUT2D eigenvalue weighted by atomic mass is 9.99. The summed E-state index contributed by atoms with van der Waals surface area (Å²) in [6.45, 7) is 1.76. The van der Waals surface area contributed by atoms with Crippen molar-refractivity contribution < 1.29 is 0 Å². The molecule has 2 rings (SSSR count). The summed E-state index contributed by atoms with van der Waals surface area (Å²) >= 11 is 7.89. The lowest BCUT2D eigenvalue weighted by molar-refractivity contribution is 0.697. The monoisotopic (exact) mass is 237 g/mol. The van der Waals surface area contributed by atoms with E-state index in [1.54, 1.807) is 18.3 Å². The Kier molecular flexibility index (Phi) is 3.14. The van der Waals surface area contributed by atoms with Gasteiger partial charge in [-0.15, -0.1) is 11.3 Å². The highest BCUT2D eigenvalue weighted by Gasteiger charge is 2.15. The molecule has 3 heteroatoms. The lowest BCUT2D eigenvalue weighted by Gasteiger charge is -2.08. The Hall–Kier alpha value is -0.780.